The molecule has 1 aliphatic heterocycles. The van der Waals surface area contributed by atoms with Gasteiger partial charge in [0.25, 0.3) is 0 Å². The molecule has 6 heteroatoms. The number of benzene rings is 1. The summed E-state index contributed by atoms with van der Waals surface area (Å²) >= 11 is 0. The maximum absolute atomic E-state index is 12.8. The smallest absolute Gasteiger partial charge is 0.123 e. The average molecular weight is 319 g/mol. The molecule has 1 saturated heterocycles. The number of aryl methyl sites for hydroxylation is 1. The van der Waals surface area contributed by atoms with Crippen LogP contribution in [0.15, 0.2) is 36.7 Å². The van der Waals surface area contributed by atoms with Crippen LogP contribution in [0.25, 0.3) is 0 Å². The summed E-state index contributed by atoms with van der Waals surface area (Å²) in [6, 6.07) is 6.14. The highest BCUT2D eigenvalue weighted by molar-refractivity contribution is 5.22. The Morgan fingerprint density at radius 3 is 2.87 bits per heavy atom. The van der Waals surface area contributed by atoms with E-state index in [9.17, 15) is 9.50 Å². The predicted octanol–water partition coefficient (Wildman–Crippen LogP) is 2.14. The molecule has 2 atom stereocenters. The van der Waals surface area contributed by atoms with Gasteiger partial charge in [-0.15, -0.1) is 0 Å². The van der Waals surface area contributed by atoms with Gasteiger partial charge in [0.15, 0.2) is 0 Å². The van der Waals surface area contributed by atoms with Gasteiger partial charge in [-0.3, -0.25) is 9.58 Å². The van der Waals surface area contributed by atoms with E-state index >= 15 is 0 Å². The van der Waals surface area contributed by atoms with E-state index in [0.29, 0.717) is 18.3 Å². The number of rotatable bonds is 6. The van der Waals surface area contributed by atoms with Crippen LogP contribution in [0.3, 0.4) is 0 Å². The van der Waals surface area contributed by atoms with Crippen molar-refractivity contribution in [3.63, 3.8) is 0 Å². The number of aromatic nitrogens is 2. The normalized spacial score (nSPS) is 19.9. The topological polar surface area (TPSA) is 50.5 Å². The Hall–Kier alpha value is -1.92. The van der Waals surface area contributed by atoms with Crippen LogP contribution < -0.4 is 4.74 Å². The maximum Gasteiger partial charge on any atom is 0.123 e. The number of hydrogen-bond acceptors (Lipinski definition) is 4. The van der Waals surface area contributed by atoms with Gasteiger partial charge < -0.3 is 9.84 Å². The lowest BCUT2D eigenvalue weighted by Gasteiger charge is -2.26. The minimum atomic E-state index is -0.586. The van der Waals surface area contributed by atoms with Gasteiger partial charge in [-0.2, -0.15) is 5.10 Å². The van der Waals surface area contributed by atoms with Gasteiger partial charge in [-0.05, 0) is 43.7 Å². The van der Waals surface area contributed by atoms with Gasteiger partial charge >= 0.3 is 0 Å². The van der Waals surface area contributed by atoms with E-state index < -0.39 is 6.10 Å². The number of ether oxygens (including phenoxy) is 1. The number of β-amino-alcohol motifs (C(OH)–C–C–N with tert-alkyl or cyclic N) is 1. The Balaban J connectivity index is 1.52. The minimum Gasteiger partial charge on any atom is -0.491 e. The van der Waals surface area contributed by atoms with Crippen molar-refractivity contribution in [3.05, 3.63) is 48.0 Å². The standard InChI is InChI=1S/C17H22FN3O2/c1-20-10-13(9-19-20)17-3-2-8-21(17)11-15(22)12-23-16-6-4-14(18)5-7-16/h4-7,9-10,15,17,22H,2-3,8,11-12H2,1H3/t15-,17+/m1/s1. The van der Waals surface area contributed by atoms with E-state index in [1.54, 1.807) is 16.8 Å². The average Bonchev–Trinajstić information content (AvgIpc) is 3.15. The first kappa shape index (κ1) is 16.0. The molecule has 1 aromatic heterocycles. The van der Waals surface area contributed by atoms with Crippen LogP contribution in [0.2, 0.25) is 0 Å². The molecule has 0 unspecified atom stereocenters. The molecule has 1 aliphatic rings. The molecule has 0 amide bonds. The molecule has 5 nitrogen and oxygen atoms in total. The summed E-state index contributed by atoms with van der Waals surface area (Å²) in [5.41, 5.74) is 1.19. The lowest BCUT2D eigenvalue weighted by molar-refractivity contribution is 0.0638. The second-order valence-corrected chi connectivity index (χ2v) is 6.02. The SMILES string of the molecule is Cn1cc([C@@H]2CCCN2C[C@@H](O)COc2ccc(F)cc2)cn1. The highest BCUT2D eigenvalue weighted by Crippen LogP contribution is 2.31. The van der Waals surface area contributed by atoms with Crippen LogP contribution >= 0.6 is 0 Å². The van der Waals surface area contributed by atoms with E-state index in [1.807, 2.05) is 19.4 Å². The molecular weight excluding hydrogens is 297 g/mol. The Kier molecular flexibility index (Phi) is 4.93. The van der Waals surface area contributed by atoms with Crippen molar-refractivity contribution in [2.45, 2.75) is 25.0 Å². The lowest BCUT2D eigenvalue weighted by Crippen LogP contribution is -2.35. The number of halogens is 1. The van der Waals surface area contributed by atoms with E-state index in [4.69, 9.17) is 4.74 Å². The Morgan fingerprint density at radius 1 is 1.39 bits per heavy atom. The van der Waals surface area contributed by atoms with Gasteiger partial charge in [-0.1, -0.05) is 0 Å². The van der Waals surface area contributed by atoms with Crippen LogP contribution in [-0.2, 0) is 7.05 Å². The molecule has 2 aromatic rings. The molecule has 1 aromatic carbocycles. The molecule has 0 aliphatic carbocycles. The third kappa shape index (κ3) is 4.09. The summed E-state index contributed by atoms with van der Waals surface area (Å²) in [6.45, 7) is 1.72. The van der Waals surface area contributed by atoms with Crippen molar-refractivity contribution >= 4 is 0 Å². The zero-order chi connectivity index (χ0) is 16.2. The summed E-state index contributed by atoms with van der Waals surface area (Å²) in [7, 11) is 1.91. The molecule has 2 heterocycles. The highest BCUT2D eigenvalue weighted by atomic mass is 19.1. The summed E-state index contributed by atoms with van der Waals surface area (Å²) in [4.78, 5) is 2.27. The van der Waals surface area contributed by atoms with Crippen LogP contribution in [0.4, 0.5) is 4.39 Å². The van der Waals surface area contributed by atoms with Crippen molar-refractivity contribution in [1.82, 2.24) is 14.7 Å². The molecule has 23 heavy (non-hydrogen) atoms. The fraction of sp³-hybridized carbons (Fsp3) is 0.471. The zero-order valence-electron chi connectivity index (χ0n) is 13.2. The molecule has 0 radical (unpaired) electrons. The van der Waals surface area contributed by atoms with Gasteiger partial charge in [0.05, 0.1) is 6.20 Å². The molecule has 0 bridgehead atoms. The minimum absolute atomic E-state index is 0.196. The quantitative estimate of drug-likeness (QED) is 0.886. The highest BCUT2D eigenvalue weighted by Gasteiger charge is 2.28. The first-order valence-electron chi connectivity index (χ1n) is 7.91. The molecule has 0 spiro atoms. The molecular formula is C17H22FN3O2. The largest absolute Gasteiger partial charge is 0.491 e. The monoisotopic (exact) mass is 319 g/mol. The number of nitrogens with zero attached hydrogens (tertiary/aromatic N) is 3. The van der Waals surface area contributed by atoms with Gasteiger partial charge in [0, 0.05) is 31.4 Å². The van der Waals surface area contributed by atoms with Crippen LogP contribution in [0.5, 0.6) is 5.75 Å². The van der Waals surface area contributed by atoms with Crippen molar-refractivity contribution in [3.8, 4) is 5.75 Å². The summed E-state index contributed by atoms with van der Waals surface area (Å²) in [5.74, 6) is 0.268. The number of aliphatic hydroxyl groups is 1. The molecule has 1 N–H and O–H groups in total. The van der Waals surface area contributed by atoms with E-state index in [2.05, 4.69) is 10.00 Å². The van der Waals surface area contributed by atoms with Gasteiger partial charge in [-0.25, -0.2) is 4.39 Å². The molecule has 1 fully saturated rings. The fourth-order valence-electron chi connectivity index (χ4n) is 3.08. The number of hydrogen-bond donors (Lipinski definition) is 1. The van der Waals surface area contributed by atoms with E-state index in [-0.39, 0.29) is 12.4 Å². The van der Waals surface area contributed by atoms with Crippen molar-refractivity contribution in [2.75, 3.05) is 19.7 Å². The summed E-state index contributed by atoms with van der Waals surface area (Å²) in [5, 5.41) is 14.5. The lowest BCUT2D eigenvalue weighted by atomic mass is 10.1. The Labute approximate surface area is 135 Å². The second kappa shape index (κ2) is 7.10. The fourth-order valence-corrected chi connectivity index (χ4v) is 3.08. The predicted molar refractivity (Wildman–Crippen MR) is 84.7 cm³/mol. The first-order chi connectivity index (χ1) is 11.1. The number of aliphatic hydroxyl groups excluding tert-OH is 1. The van der Waals surface area contributed by atoms with Gasteiger partial charge in [0.2, 0.25) is 0 Å². The van der Waals surface area contributed by atoms with E-state index in [1.165, 1.54) is 17.7 Å². The maximum atomic E-state index is 12.8. The summed E-state index contributed by atoms with van der Waals surface area (Å²) < 4.78 is 20.2. The van der Waals surface area contributed by atoms with Crippen molar-refractivity contribution < 1.29 is 14.2 Å². The summed E-state index contributed by atoms with van der Waals surface area (Å²) in [6.07, 6.45) is 5.54. The molecule has 0 saturated carbocycles. The third-order valence-electron chi connectivity index (χ3n) is 4.17. The zero-order valence-corrected chi connectivity index (χ0v) is 13.2. The first-order valence-corrected chi connectivity index (χ1v) is 7.91. The molecule has 124 valence electrons. The van der Waals surface area contributed by atoms with Crippen molar-refractivity contribution in [2.24, 2.45) is 7.05 Å². The van der Waals surface area contributed by atoms with Crippen molar-refractivity contribution in [1.29, 1.82) is 0 Å². The second-order valence-electron chi connectivity index (χ2n) is 6.02. The Bertz CT molecular complexity index is 629. The van der Waals surface area contributed by atoms with Crippen LogP contribution in [0, 0.1) is 5.82 Å². The van der Waals surface area contributed by atoms with E-state index in [0.717, 1.165) is 19.4 Å². The molecule has 3 rings (SSSR count). The van der Waals surface area contributed by atoms with Gasteiger partial charge in [0.1, 0.15) is 24.3 Å². The Morgan fingerprint density at radius 2 is 2.17 bits per heavy atom. The van der Waals surface area contributed by atoms with Crippen LogP contribution in [0.1, 0.15) is 24.4 Å². The number of likely N-dealkylation sites (tertiary alicyclic amines) is 1. The third-order valence-corrected chi connectivity index (χ3v) is 4.17. The van der Waals surface area contributed by atoms with Crippen LogP contribution in [-0.4, -0.2) is 45.6 Å².